The molecule has 0 saturated heterocycles. The van der Waals surface area contributed by atoms with Crippen molar-refractivity contribution >= 4 is 0 Å². The largest absolute Gasteiger partial charge is 0.494 e. The number of aryl methyl sites for hydroxylation is 1. The molecule has 2 nitrogen and oxygen atoms in total. The van der Waals surface area contributed by atoms with Gasteiger partial charge in [-0.25, -0.2) is 0 Å². The van der Waals surface area contributed by atoms with Crippen molar-refractivity contribution in [1.82, 2.24) is 5.32 Å². The first-order chi connectivity index (χ1) is 8.72. The van der Waals surface area contributed by atoms with Crippen molar-refractivity contribution in [2.24, 2.45) is 5.92 Å². The molecule has 102 valence electrons. The van der Waals surface area contributed by atoms with Crippen molar-refractivity contribution in [3.8, 4) is 5.75 Å². The van der Waals surface area contributed by atoms with E-state index in [1.807, 2.05) is 0 Å². The van der Waals surface area contributed by atoms with Crippen molar-refractivity contribution < 1.29 is 4.74 Å². The molecule has 0 radical (unpaired) electrons. The lowest BCUT2D eigenvalue weighted by Crippen LogP contribution is -2.22. The summed E-state index contributed by atoms with van der Waals surface area (Å²) in [6, 6.07) is 8.48. The van der Waals surface area contributed by atoms with E-state index < -0.39 is 0 Å². The molecule has 0 aromatic heterocycles. The SMILES string of the molecule is CCCc1ccc(OCCCNCC(C)C)cc1. The summed E-state index contributed by atoms with van der Waals surface area (Å²) in [5.41, 5.74) is 1.39. The Morgan fingerprint density at radius 2 is 1.89 bits per heavy atom. The molecule has 0 amide bonds. The standard InChI is InChI=1S/C16H27NO/c1-4-6-15-7-9-16(10-8-15)18-12-5-11-17-13-14(2)3/h7-10,14,17H,4-6,11-13H2,1-3H3. The lowest BCUT2D eigenvalue weighted by atomic mass is 10.1. The molecule has 0 spiro atoms. The maximum absolute atomic E-state index is 5.71. The van der Waals surface area contributed by atoms with Crippen molar-refractivity contribution in [1.29, 1.82) is 0 Å². The lowest BCUT2D eigenvalue weighted by molar-refractivity contribution is 0.307. The molecule has 0 unspecified atom stereocenters. The summed E-state index contributed by atoms with van der Waals surface area (Å²) >= 11 is 0. The van der Waals surface area contributed by atoms with Gasteiger partial charge in [-0.15, -0.1) is 0 Å². The average molecular weight is 249 g/mol. The molecular formula is C16H27NO. The maximum Gasteiger partial charge on any atom is 0.119 e. The molecule has 1 N–H and O–H groups in total. The number of nitrogens with one attached hydrogen (secondary N) is 1. The van der Waals surface area contributed by atoms with Crippen molar-refractivity contribution in [3.05, 3.63) is 29.8 Å². The smallest absolute Gasteiger partial charge is 0.119 e. The molecule has 2 heteroatoms. The van der Waals surface area contributed by atoms with E-state index in [1.54, 1.807) is 0 Å². The third-order valence-electron chi connectivity index (χ3n) is 2.78. The molecule has 0 saturated carbocycles. The van der Waals surface area contributed by atoms with Gasteiger partial charge in [-0.05, 0) is 49.5 Å². The van der Waals surface area contributed by atoms with Crippen LogP contribution < -0.4 is 10.1 Å². The number of ether oxygens (including phenoxy) is 1. The predicted octanol–water partition coefficient (Wildman–Crippen LogP) is 3.65. The highest BCUT2D eigenvalue weighted by Crippen LogP contribution is 2.13. The Kier molecular flexibility index (Phi) is 7.51. The second-order valence-corrected chi connectivity index (χ2v) is 5.19. The van der Waals surface area contributed by atoms with E-state index in [1.165, 1.54) is 12.0 Å². The summed E-state index contributed by atoms with van der Waals surface area (Å²) in [6.45, 7) is 9.56. The minimum absolute atomic E-state index is 0.719. The second kappa shape index (κ2) is 8.98. The van der Waals surface area contributed by atoms with Gasteiger partial charge in [0.05, 0.1) is 6.61 Å². The third-order valence-corrected chi connectivity index (χ3v) is 2.78. The van der Waals surface area contributed by atoms with E-state index in [2.05, 4.69) is 50.4 Å². The molecule has 0 aliphatic carbocycles. The minimum Gasteiger partial charge on any atom is -0.494 e. The van der Waals surface area contributed by atoms with Gasteiger partial charge in [-0.1, -0.05) is 39.3 Å². The van der Waals surface area contributed by atoms with Gasteiger partial charge in [0.1, 0.15) is 5.75 Å². The Labute approximate surface area is 112 Å². The van der Waals surface area contributed by atoms with Gasteiger partial charge in [0.2, 0.25) is 0 Å². The first-order valence-electron chi connectivity index (χ1n) is 7.14. The number of hydrogen-bond acceptors (Lipinski definition) is 2. The first kappa shape index (κ1) is 15.0. The fourth-order valence-corrected chi connectivity index (χ4v) is 1.82. The molecule has 1 aromatic rings. The molecule has 18 heavy (non-hydrogen) atoms. The summed E-state index contributed by atoms with van der Waals surface area (Å²) in [5.74, 6) is 1.70. The topological polar surface area (TPSA) is 21.3 Å². The molecule has 0 fully saturated rings. The van der Waals surface area contributed by atoms with Crippen LogP contribution in [0.3, 0.4) is 0 Å². The van der Waals surface area contributed by atoms with Crippen LogP contribution in [0.1, 0.15) is 39.2 Å². The third kappa shape index (κ3) is 6.65. The van der Waals surface area contributed by atoms with Gasteiger partial charge < -0.3 is 10.1 Å². The van der Waals surface area contributed by atoms with E-state index in [0.29, 0.717) is 0 Å². The van der Waals surface area contributed by atoms with Gasteiger partial charge >= 0.3 is 0 Å². The normalized spacial score (nSPS) is 10.9. The number of benzene rings is 1. The molecule has 1 rings (SSSR count). The quantitative estimate of drug-likeness (QED) is 0.674. The van der Waals surface area contributed by atoms with Crippen LogP contribution in [0.5, 0.6) is 5.75 Å². The summed E-state index contributed by atoms with van der Waals surface area (Å²) in [6.07, 6.45) is 3.41. The lowest BCUT2D eigenvalue weighted by Gasteiger charge is -2.09. The van der Waals surface area contributed by atoms with Crippen molar-refractivity contribution in [2.75, 3.05) is 19.7 Å². The number of rotatable bonds is 9. The predicted molar refractivity (Wildman–Crippen MR) is 78.3 cm³/mol. The molecule has 0 heterocycles. The van der Waals surface area contributed by atoms with Gasteiger partial charge in [0.25, 0.3) is 0 Å². The zero-order chi connectivity index (χ0) is 13.2. The van der Waals surface area contributed by atoms with Gasteiger partial charge in [-0.3, -0.25) is 0 Å². The van der Waals surface area contributed by atoms with Gasteiger partial charge in [-0.2, -0.15) is 0 Å². The highest BCUT2D eigenvalue weighted by Gasteiger charge is 1.96. The summed E-state index contributed by atoms with van der Waals surface area (Å²) in [7, 11) is 0. The Hall–Kier alpha value is -1.02. The number of hydrogen-bond donors (Lipinski definition) is 1. The van der Waals surface area contributed by atoms with Crippen LogP contribution in [0.25, 0.3) is 0 Å². The van der Waals surface area contributed by atoms with Crippen LogP contribution in [0.4, 0.5) is 0 Å². The zero-order valence-electron chi connectivity index (χ0n) is 12.0. The Morgan fingerprint density at radius 3 is 2.50 bits per heavy atom. The van der Waals surface area contributed by atoms with Crippen molar-refractivity contribution in [2.45, 2.75) is 40.0 Å². The zero-order valence-corrected chi connectivity index (χ0v) is 12.0. The van der Waals surface area contributed by atoms with Gasteiger partial charge in [0.15, 0.2) is 0 Å². The maximum atomic E-state index is 5.71. The van der Waals surface area contributed by atoms with Crippen LogP contribution in [0.15, 0.2) is 24.3 Å². The van der Waals surface area contributed by atoms with E-state index in [4.69, 9.17) is 4.74 Å². The van der Waals surface area contributed by atoms with Crippen LogP contribution >= 0.6 is 0 Å². The van der Waals surface area contributed by atoms with Crippen LogP contribution in [-0.4, -0.2) is 19.7 Å². The average Bonchev–Trinajstić information content (AvgIpc) is 2.35. The van der Waals surface area contributed by atoms with Crippen LogP contribution in [0.2, 0.25) is 0 Å². The van der Waals surface area contributed by atoms with E-state index in [0.717, 1.165) is 44.2 Å². The summed E-state index contributed by atoms with van der Waals surface area (Å²) in [5, 5.41) is 3.42. The highest BCUT2D eigenvalue weighted by atomic mass is 16.5. The molecule has 1 aromatic carbocycles. The highest BCUT2D eigenvalue weighted by molar-refractivity contribution is 5.27. The monoisotopic (exact) mass is 249 g/mol. The second-order valence-electron chi connectivity index (χ2n) is 5.19. The molecular weight excluding hydrogens is 222 g/mol. The Bertz CT molecular complexity index is 305. The first-order valence-corrected chi connectivity index (χ1v) is 7.14. The van der Waals surface area contributed by atoms with E-state index in [9.17, 15) is 0 Å². The van der Waals surface area contributed by atoms with E-state index >= 15 is 0 Å². The van der Waals surface area contributed by atoms with Crippen LogP contribution in [0, 0.1) is 5.92 Å². The Morgan fingerprint density at radius 1 is 1.17 bits per heavy atom. The summed E-state index contributed by atoms with van der Waals surface area (Å²) < 4.78 is 5.71. The molecule has 0 aliphatic rings. The Balaban J connectivity index is 2.11. The fourth-order valence-electron chi connectivity index (χ4n) is 1.82. The van der Waals surface area contributed by atoms with Crippen molar-refractivity contribution in [3.63, 3.8) is 0 Å². The molecule has 0 bridgehead atoms. The molecule has 0 aliphatic heterocycles. The fraction of sp³-hybridized carbons (Fsp3) is 0.625. The molecule has 0 atom stereocenters. The minimum atomic E-state index is 0.719. The van der Waals surface area contributed by atoms with Gasteiger partial charge in [0, 0.05) is 0 Å². The van der Waals surface area contributed by atoms with Crippen LogP contribution in [-0.2, 0) is 6.42 Å². The summed E-state index contributed by atoms with van der Waals surface area (Å²) in [4.78, 5) is 0. The van der Waals surface area contributed by atoms with E-state index in [-0.39, 0.29) is 0 Å².